The molecule has 15 heavy (non-hydrogen) atoms. The molecular weight excluding hydrogens is 250 g/mol. The van der Waals surface area contributed by atoms with Crippen molar-refractivity contribution >= 4 is 17.9 Å². The standard InChI is InChI=1S/C7H11NO6.Fe/c9-5(10)2-1-4(7(13)14)8-3-6(11)12;/h4,8H,1-3H2,(H,9,10)(H,11,12)(H,13,14);. The second kappa shape index (κ2) is 8.22. The average molecular weight is 261 g/mol. The first-order chi connectivity index (χ1) is 6.43. The topological polar surface area (TPSA) is 124 Å². The quantitative estimate of drug-likeness (QED) is 0.432. The van der Waals surface area contributed by atoms with Crippen molar-refractivity contribution in [1.29, 1.82) is 0 Å². The maximum Gasteiger partial charge on any atom is 0.320 e. The minimum atomic E-state index is -1.26. The van der Waals surface area contributed by atoms with Gasteiger partial charge in [0.2, 0.25) is 0 Å². The van der Waals surface area contributed by atoms with Gasteiger partial charge in [-0.05, 0) is 6.42 Å². The Morgan fingerprint density at radius 1 is 1.07 bits per heavy atom. The van der Waals surface area contributed by atoms with E-state index in [4.69, 9.17) is 15.3 Å². The fourth-order valence-corrected chi connectivity index (χ4v) is 0.791. The van der Waals surface area contributed by atoms with Crippen molar-refractivity contribution in [3.8, 4) is 0 Å². The van der Waals surface area contributed by atoms with Crippen molar-refractivity contribution < 1.29 is 46.8 Å². The summed E-state index contributed by atoms with van der Waals surface area (Å²) in [7, 11) is 0. The van der Waals surface area contributed by atoms with Crippen molar-refractivity contribution in [1.82, 2.24) is 5.32 Å². The Morgan fingerprint density at radius 2 is 1.60 bits per heavy atom. The van der Waals surface area contributed by atoms with Crippen molar-refractivity contribution in [3.63, 3.8) is 0 Å². The largest absolute Gasteiger partial charge is 0.481 e. The van der Waals surface area contributed by atoms with Gasteiger partial charge in [-0.15, -0.1) is 0 Å². The molecule has 0 saturated carbocycles. The first-order valence-electron chi connectivity index (χ1n) is 3.83. The Kier molecular flexibility index (Phi) is 8.94. The molecule has 0 aliphatic rings. The molecule has 0 spiro atoms. The van der Waals surface area contributed by atoms with Gasteiger partial charge in [-0.1, -0.05) is 0 Å². The van der Waals surface area contributed by atoms with E-state index in [2.05, 4.69) is 5.32 Å². The first-order valence-corrected chi connectivity index (χ1v) is 3.83. The molecule has 7 nitrogen and oxygen atoms in total. The summed E-state index contributed by atoms with van der Waals surface area (Å²) in [6, 6.07) is -1.14. The molecule has 8 heteroatoms. The third-order valence-corrected chi connectivity index (χ3v) is 1.44. The van der Waals surface area contributed by atoms with E-state index in [1.54, 1.807) is 0 Å². The van der Waals surface area contributed by atoms with Gasteiger partial charge in [-0.3, -0.25) is 19.7 Å². The SMILES string of the molecule is O=C(O)CCC(NCC(=O)O)C(=O)O.[Fe]. The molecule has 0 aromatic heterocycles. The van der Waals surface area contributed by atoms with Crippen molar-refractivity contribution in [2.75, 3.05) is 6.54 Å². The van der Waals surface area contributed by atoms with Crippen molar-refractivity contribution in [2.24, 2.45) is 0 Å². The molecule has 0 radical (unpaired) electrons. The fourth-order valence-electron chi connectivity index (χ4n) is 0.791. The van der Waals surface area contributed by atoms with E-state index in [9.17, 15) is 14.4 Å². The van der Waals surface area contributed by atoms with Gasteiger partial charge in [0.05, 0.1) is 6.54 Å². The molecule has 0 heterocycles. The second-order valence-electron chi connectivity index (χ2n) is 2.60. The molecule has 0 aliphatic carbocycles. The number of nitrogens with one attached hydrogen (secondary N) is 1. The molecule has 0 aromatic rings. The summed E-state index contributed by atoms with van der Waals surface area (Å²) >= 11 is 0. The van der Waals surface area contributed by atoms with Crippen LogP contribution in [0.25, 0.3) is 0 Å². The van der Waals surface area contributed by atoms with Crippen LogP contribution in [0.3, 0.4) is 0 Å². The molecule has 0 bridgehead atoms. The molecule has 0 amide bonds. The van der Waals surface area contributed by atoms with Crippen LogP contribution in [0.5, 0.6) is 0 Å². The molecule has 88 valence electrons. The Hall–Kier alpha value is -1.11. The third kappa shape index (κ3) is 9.20. The first kappa shape index (κ1) is 16.3. The number of carboxylic acid groups (broad SMARTS) is 3. The summed E-state index contributed by atoms with van der Waals surface area (Å²) in [6.45, 7) is -0.503. The van der Waals surface area contributed by atoms with Crippen LogP contribution in [0.1, 0.15) is 12.8 Å². The zero-order valence-electron chi connectivity index (χ0n) is 7.62. The van der Waals surface area contributed by atoms with Crippen LogP contribution in [0.15, 0.2) is 0 Å². The Morgan fingerprint density at radius 3 is 1.93 bits per heavy atom. The van der Waals surface area contributed by atoms with Crippen LogP contribution in [-0.2, 0) is 31.5 Å². The number of rotatable bonds is 7. The summed E-state index contributed by atoms with van der Waals surface area (Å²) in [5, 5.41) is 27.3. The Bertz CT molecular complexity index is 226. The molecular formula is C7H11FeNO6. The second-order valence-corrected chi connectivity index (χ2v) is 2.60. The van der Waals surface area contributed by atoms with Gasteiger partial charge in [-0.2, -0.15) is 0 Å². The summed E-state index contributed by atoms with van der Waals surface area (Å²) in [4.78, 5) is 30.7. The van der Waals surface area contributed by atoms with Crippen LogP contribution in [0.2, 0.25) is 0 Å². The smallest absolute Gasteiger partial charge is 0.320 e. The Labute approximate surface area is 95.9 Å². The number of carboxylic acids is 3. The van der Waals surface area contributed by atoms with Gasteiger partial charge >= 0.3 is 17.9 Å². The summed E-state index contributed by atoms with van der Waals surface area (Å²) in [5.74, 6) is -3.56. The van der Waals surface area contributed by atoms with Gasteiger partial charge in [0.1, 0.15) is 6.04 Å². The van der Waals surface area contributed by atoms with Gasteiger partial charge in [0.15, 0.2) is 0 Å². The predicted molar refractivity (Wildman–Crippen MR) is 43.9 cm³/mol. The van der Waals surface area contributed by atoms with Gasteiger partial charge < -0.3 is 15.3 Å². The molecule has 1 unspecified atom stereocenters. The molecule has 1 atom stereocenters. The van der Waals surface area contributed by atoms with E-state index in [1.165, 1.54) is 0 Å². The summed E-state index contributed by atoms with van der Waals surface area (Å²) < 4.78 is 0. The summed E-state index contributed by atoms with van der Waals surface area (Å²) in [5.41, 5.74) is 0. The van der Waals surface area contributed by atoms with Crippen LogP contribution in [0.4, 0.5) is 0 Å². The van der Waals surface area contributed by atoms with E-state index < -0.39 is 30.5 Å². The van der Waals surface area contributed by atoms with E-state index in [1.807, 2.05) is 0 Å². The normalized spacial score (nSPS) is 11.2. The molecule has 0 aliphatic heterocycles. The van der Waals surface area contributed by atoms with E-state index in [0.29, 0.717) is 0 Å². The predicted octanol–water partition coefficient (Wildman–Crippen LogP) is -1.02. The minimum Gasteiger partial charge on any atom is -0.481 e. The van der Waals surface area contributed by atoms with E-state index in [-0.39, 0.29) is 29.9 Å². The maximum absolute atomic E-state index is 10.5. The minimum absolute atomic E-state index is 0. The maximum atomic E-state index is 10.5. The molecule has 0 saturated heterocycles. The number of aliphatic carboxylic acids is 3. The van der Waals surface area contributed by atoms with Gasteiger partial charge in [0, 0.05) is 23.5 Å². The monoisotopic (exact) mass is 261 g/mol. The van der Waals surface area contributed by atoms with Gasteiger partial charge in [-0.25, -0.2) is 0 Å². The molecule has 0 rings (SSSR count). The van der Waals surface area contributed by atoms with Crippen molar-refractivity contribution in [2.45, 2.75) is 18.9 Å². The number of hydrogen-bond donors (Lipinski definition) is 4. The van der Waals surface area contributed by atoms with Crippen LogP contribution in [0, 0.1) is 0 Å². The number of carbonyl (C=O) groups is 3. The molecule has 0 fully saturated rings. The summed E-state index contributed by atoms with van der Waals surface area (Å²) in [6.07, 6.45) is -0.457. The Balaban J connectivity index is 0. The van der Waals surface area contributed by atoms with Crippen LogP contribution < -0.4 is 5.32 Å². The zero-order valence-corrected chi connectivity index (χ0v) is 8.72. The van der Waals surface area contributed by atoms with Crippen molar-refractivity contribution in [3.05, 3.63) is 0 Å². The third-order valence-electron chi connectivity index (χ3n) is 1.44. The molecule has 4 N–H and O–H groups in total. The van der Waals surface area contributed by atoms with E-state index >= 15 is 0 Å². The van der Waals surface area contributed by atoms with Crippen LogP contribution >= 0.6 is 0 Å². The fraction of sp³-hybridized carbons (Fsp3) is 0.571. The van der Waals surface area contributed by atoms with E-state index in [0.717, 1.165) is 0 Å². The number of hydrogen-bond acceptors (Lipinski definition) is 4. The molecule has 0 aromatic carbocycles. The van der Waals surface area contributed by atoms with Crippen LogP contribution in [-0.4, -0.2) is 45.8 Å². The average Bonchev–Trinajstić information content (AvgIpc) is 2.02. The van der Waals surface area contributed by atoms with Gasteiger partial charge in [0.25, 0.3) is 0 Å². The zero-order chi connectivity index (χ0) is 11.1.